The van der Waals surface area contributed by atoms with E-state index >= 15 is 0 Å². The Morgan fingerprint density at radius 2 is 1.43 bits per heavy atom. The second-order valence-electron chi connectivity index (χ2n) is 15.3. The van der Waals surface area contributed by atoms with E-state index in [0.29, 0.717) is 44.1 Å². The summed E-state index contributed by atoms with van der Waals surface area (Å²) in [5.74, 6) is -0.746. The van der Waals surface area contributed by atoms with Crippen LogP contribution in [-0.2, 0) is 35.4 Å². The zero-order valence-electron chi connectivity index (χ0n) is 32.7. The molecule has 0 bridgehead atoms. The predicted molar refractivity (Wildman–Crippen MR) is 217 cm³/mol. The highest BCUT2D eigenvalue weighted by Gasteiger charge is 2.26. The van der Waals surface area contributed by atoms with Gasteiger partial charge in [-0.3, -0.25) is 33.4 Å². The van der Waals surface area contributed by atoms with E-state index in [9.17, 15) is 24.0 Å². The maximum Gasteiger partial charge on any atom is 0.308 e. The van der Waals surface area contributed by atoms with Crippen LogP contribution in [0.15, 0.2) is 64.8 Å². The maximum absolute atomic E-state index is 12.8. The van der Waals surface area contributed by atoms with Crippen molar-refractivity contribution >= 4 is 61.8 Å². The highest BCUT2D eigenvalue weighted by atomic mass is 32.1. The molecule has 2 aromatic heterocycles. The lowest BCUT2D eigenvalue weighted by Gasteiger charge is -2.36. The number of pyridine rings is 1. The fourth-order valence-corrected chi connectivity index (χ4v) is 7.93. The van der Waals surface area contributed by atoms with Crippen molar-refractivity contribution in [3.8, 4) is 5.75 Å². The second-order valence-corrected chi connectivity index (χ2v) is 16.3. The average Bonchev–Trinajstić information content (AvgIpc) is 3.68. The number of hydrogen-bond donors (Lipinski definition) is 0. The van der Waals surface area contributed by atoms with Crippen LogP contribution in [0.2, 0.25) is 0 Å². The van der Waals surface area contributed by atoms with Gasteiger partial charge in [0.05, 0.1) is 25.0 Å². The molecule has 0 atom stereocenters. The van der Waals surface area contributed by atoms with Crippen LogP contribution in [0.4, 0.5) is 5.69 Å². The van der Waals surface area contributed by atoms with Crippen molar-refractivity contribution in [3.63, 3.8) is 0 Å². The molecule has 0 unspecified atom stereocenters. The molecule has 0 saturated carbocycles. The molecule has 13 nitrogen and oxygen atoms in total. The van der Waals surface area contributed by atoms with Crippen molar-refractivity contribution in [2.24, 2.45) is 0 Å². The summed E-state index contributed by atoms with van der Waals surface area (Å²) in [6.07, 6.45) is 1.79. The van der Waals surface area contributed by atoms with Gasteiger partial charge in [-0.05, 0) is 87.3 Å². The molecular formula is C42H53N5O8S. The normalized spacial score (nSPS) is 15.3. The lowest BCUT2D eigenvalue weighted by atomic mass is 10.2. The number of aromatic nitrogens is 1. The molecule has 0 spiro atoms. The van der Waals surface area contributed by atoms with Gasteiger partial charge in [0, 0.05) is 93.1 Å². The molecule has 2 aliphatic rings. The molecule has 2 aromatic carbocycles. The zero-order chi connectivity index (χ0) is 39.7. The van der Waals surface area contributed by atoms with Crippen LogP contribution in [-0.4, -0.2) is 114 Å². The number of carbonyl (C=O) groups excluding carboxylic acids is 4. The van der Waals surface area contributed by atoms with Crippen molar-refractivity contribution in [1.82, 2.24) is 19.3 Å². The number of thiophene rings is 1. The minimum Gasteiger partial charge on any atom is -0.494 e. The van der Waals surface area contributed by atoms with Crippen LogP contribution in [0.3, 0.4) is 0 Å². The Hall–Kier alpha value is -4.95. The first kappa shape index (κ1) is 40.7. The Morgan fingerprint density at radius 3 is 2.12 bits per heavy atom. The molecule has 2 aliphatic heterocycles. The number of unbranched alkanes of at least 4 members (excludes halogenated alkanes) is 1. The van der Waals surface area contributed by atoms with Gasteiger partial charge in [0.2, 0.25) is 11.8 Å². The van der Waals surface area contributed by atoms with Gasteiger partial charge in [-0.25, -0.2) is 0 Å². The largest absolute Gasteiger partial charge is 0.494 e. The molecule has 56 heavy (non-hydrogen) atoms. The summed E-state index contributed by atoms with van der Waals surface area (Å²) in [5, 5.41) is 4.31. The molecule has 14 heteroatoms. The minimum absolute atomic E-state index is 0.00548. The molecule has 2 amide bonds. The number of hydrogen-bond acceptors (Lipinski definition) is 11. The number of piperazine rings is 2. The molecule has 4 aromatic rings. The summed E-state index contributed by atoms with van der Waals surface area (Å²) < 4.78 is 19.5. The van der Waals surface area contributed by atoms with Crippen LogP contribution in [0.1, 0.15) is 59.3 Å². The van der Waals surface area contributed by atoms with Gasteiger partial charge in [-0.1, -0.05) is 6.07 Å². The van der Waals surface area contributed by atoms with E-state index in [4.69, 9.17) is 14.2 Å². The molecule has 2 saturated heterocycles. The third kappa shape index (κ3) is 11.1. The number of benzene rings is 2. The van der Waals surface area contributed by atoms with Crippen LogP contribution in [0.25, 0.3) is 21.0 Å². The van der Waals surface area contributed by atoms with E-state index in [2.05, 4.69) is 39.4 Å². The molecule has 0 aliphatic carbocycles. The Balaban J connectivity index is 0.888. The summed E-state index contributed by atoms with van der Waals surface area (Å²) >= 11 is 1.79. The highest BCUT2D eigenvalue weighted by molar-refractivity contribution is 7.17. The van der Waals surface area contributed by atoms with Gasteiger partial charge in [-0.15, -0.1) is 11.3 Å². The number of amides is 2. The Kier molecular flexibility index (Phi) is 13.7. The van der Waals surface area contributed by atoms with E-state index in [1.165, 1.54) is 26.4 Å². The quantitative estimate of drug-likeness (QED) is 0.116. The summed E-state index contributed by atoms with van der Waals surface area (Å²) in [6.45, 7) is 12.1. The maximum atomic E-state index is 12.8. The number of carbonyl (C=O) groups is 4. The number of esters is 2. The molecule has 2 fully saturated rings. The monoisotopic (exact) mass is 787 g/mol. The van der Waals surface area contributed by atoms with Gasteiger partial charge in [0.15, 0.2) is 6.73 Å². The van der Waals surface area contributed by atoms with Crippen molar-refractivity contribution in [3.05, 3.63) is 70.3 Å². The minimum atomic E-state index is -0.606. The van der Waals surface area contributed by atoms with Gasteiger partial charge in [0.1, 0.15) is 11.4 Å². The summed E-state index contributed by atoms with van der Waals surface area (Å²) in [7, 11) is 0. The van der Waals surface area contributed by atoms with Crippen molar-refractivity contribution < 1.29 is 33.4 Å². The Labute approximate surface area is 331 Å². The number of ether oxygens (including phenoxy) is 3. The Morgan fingerprint density at radius 1 is 0.750 bits per heavy atom. The third-order valence-corrected chi connectivity index (χ3v) is 11.0. The molecule has 300 valence electrons. The fourth-order valence-electron chi connectivity index (χ4n) is 7.13. The van der Waals surface area contributed by atoms with E-state index in [1.54, 1.807) is 54.0 Å². The standard InChI is InChI=1S/C42H53N5O8S/c1-42(2,3)55-41(52)16-14-38(49)46-25-23-45(24-26-46)37(48)13-15-40(51)54-30-47-35-29-32(11-9-31(35)10-12-39(47)50)53-27-5-4-18-43-19-21-44(22-20-43)34-7-6-8-36-33(34)17-28-56-36/h6-12,17,28-29H,4-5,13-16,18-27,30H2,1-3H3. The van der Waals surface area contributed by atoms with Gasteiger partial charge in [0.25, 0.3) is 5.56 Å². The van der Waals surface area contributed by atoms with E-state index in [-0.39, 0.29) is 49.8 Å². The van der Waals surface area contributed by atoms with Crippen LogP contribution >= 0.6 is 11.3 Å². The number of rotatable bonds is 15. The number of fused-ring (bicyclic) bond motifs is 2. The van der Waals surface area contributed by atoms with Gasteiger partial charge < -0.3 is 28.9 Å². The highest BCUT2D eigenvalue weighted by Crippen LogP contribution is 2.31. The van der Waals surface area contributed by atoms with Crippen LogP contribution in [0, 0.1) is 0 Å². The topological polar surface area (TPSA) is 131 Å². The van der Waals surface area contributed by atoms with Gasteiger partial charge in [-0.2, -0.15) is 0 Å². The van der Waals surface area contributed by atoms with Crippen molar-refractivity contribution in [2.75, 3.05) is 70.4 Å². The molecule has 0 N–H and O–H groups in total. The summed E-state index contributed by atoms with van der Waals surface area (Å²) in [6, 6.07) is 17.5. The van der Waals surface area contributed by atoms with E-state index in [0.717, 1.165) is 51.0 Å². The first-order chi connectivity index (χ1) is 26.9. The van der Waals surface area contributed by atoms with Gasteiger partial charge >= 0.3 is 11.9 Å². The Bertz CT molecular complexity index is 2060. The lowest BCUT2D eigenvalue weighted by molar-refractivity contribution is -0.156. The van der Waals surface area contributed by atoms with Crippen molar-refractivity contribution in [1.29, 1.82) is 0 Å². The zero-order valence-corrected chi connectivity index (χ0v) is 33.5. The predicted octanol–water partition coefficient (Wildman–Crippen LogP) is 5.27. The lowest BCUT2D eigenvalue weighted by Crippen LogP contribution is -2.50. The van der Waals surface area contributed by atoms with E-state index in [1.807, 2.05) is 12.1 Å². The molecule has 4 heterocycles. The number of nitrogens with zero attached hydrogens (tertiary/aromatic N) is 5. The molecular weight excluding hydrogens is 735 g/mol. The summed E-state index contributed by atoms with van der Waals surface area (Å²) in [4.78, 5) is 71.2. The molecule has 6 rings (SSSR count). The second kappa shape index (κ2) is 18.8. The van der Waals surface area contributed by atoms with Crippen molar-refractivity contribution in [2.45, 2.75) is 71.6 Å². The summed E-state index contributed by atoms with van der Waals surface area (Å²) in [5.41, 5.74) is 1.000. The first-order valence-electron chi connectivity index (χ1n) is 19.6. The van der Waals surface area contributed by atoms with Crippen LogP contribution in [0.5, 0.6) is 5.75 Å². The smallest absolute Gasteiger partial charge is 0.308 e. The first-order valence-corrected chi connectivity index (χ1v) is 20.4. The average molecular weight is 788 g/mol. The van der Waals surface area contributed by atoms with Crippen LogP contribution < -0.4 is 15.2 Å². The number of anilines is 1. The fraction of sp³-hybridized carbons (Fsp3) is 0.500. The van der Waals surface area contributed by atoms with E-state index < -0.39 is 17.5 Å². The molecule has 0 radical (unpaired) electrons. The third-order valence-electron chi connectivity index (χ3n) is 10.1. The SMILES string of the molecule is CC(C)(C)OC(=O)CCC(=O)N1CCN(C(=O)CCC(=O)OCn2c(=O)ccc3ccc(OCCCCN4CCN(c5cccc6sccc56)CC4)cc32)CC1.